The summed E-state index contributed by atoms with van der Waals surface area (Å²) in [4.78, 5) is 48.9. The van der Waals surface area contributed by atoms with Crippen molar-refractivity contribution in [3.63, 3.8) is 0 Å². The Kier molecular flexibility index (Phi) is 9.96. The highest BCUT2D eigenvalue weighted by molar-refractivity contribution is 5.98. The Bertz CT molecular complexity index is 984. The summed E-state index contributed by atoms with van der Waals surface area (Å²) in [6.07, 6.45) is 1.63. The Labute approximate surface area is 231 Å². The van der Waals surface area contributed by atoms with E-state index < -0.39 is 11.9 Å². The van der Waals surface area contributed by atoms with Gasteiger partial charge in [-0.05, 0) is 49.1 Å². The predicted octanol–water partition coefficient (Wildman–Crippen LogP) is 1.83. The highest BCUT2D eigenvalue weighted by atomic mass is 19.1. The zero-order valence-corrected chi connectivity index (χ0v) is 23.7. The van der Waals surface area contributed by atoms with Crippen LogP contribution in [-0.2, 0) is 14.3 Å². The maximum absolute atomic E-state index is 13.8. The van der Waals surface area contributed by atoms with Gasteiger partial charge >= 0.3 is 0 Å². The van der Waals surface area contributed by atoms with Gasteiger partial charge in [0.25, 0.3) is 5.91 Å². The molecule has 9 nitrogen and oxygen atoms in total. The molecule has 3 amide bonds. The minimum absolute atomic E-state index is 0.0435. The quantitative estimate of drug-likeness (QED) is 0.563. The summed E-state index contributed by atoms with van der Waals surface area (Å²) < 4.78 is 19.1. The molecule has 0 bridgehead atoms. The fourth-order valence-electron chi connectivity index (χ4n) is 5.67. The maximum Gasteiger partial charge on any atom is 0.254 e. The van der Waals surface area contributed by atoms with Crippen LogP contribution in [0.25, 0.3) is 0 Å². The van der Waals surface area contributed by atoms with E-state index in [9.17, 15) is 18.8 Å². The average molecular weight is 546 g/mol. The Morgan fingerprint density at radius 2 is 1.77 bits per heavy atom. The fourth-order valence-corrected chi connectivity index (χ4v) is 5.67. The van der Waals surface area contributed by atoms with Gasteiger partial charge in [0.15, 0.2) is 0 Å². The number of likely N-dealkylation sites (tertiary alicyclic amines) is 1. The van der Waals surface area contributed by atoms with E-state index in [0.717, 1.165) is 32.6 Å². The summed E-state index contributed by atoms with van der Waals surface area (Å²) in [5, 5.41) is 3.32. The minimum atomic E-state index is -0.668. The van der Waals surface area contributed by atoms with Crippen molar-refractivity contribution in [2.24, 2.45) is 5.41 Å². The third-order valence-corrected chi connectivity index (χ3v) is 7.77. The molecule has 3 fully saturated rings. The molecule has 2 unspecified atom stereocenters. The number of carbonyl (C=O) groups is 3. The van der Waals surface area contributed by atoms with E-state index in [1.807, 2.05) is 30.6 Å². The van der Waals surface area contributed by atoms with Gasteiger partial charge in [0.2, 0.25) is 11.8 Å². The topological polar surface area (TPSA) is 85.4 Å². The molecule has 0 aliphatic carbocycles. The molecule has 39 heavy (non-hydrogen) atoms. The predicted molar refractivity (Wildman–Crippen MR) is 147 cm³/mol. The summed E-state index contributed by atoms with van der Waals surface area (Å²) >= 11 is 0. The van der Waals surface area contributed by atoms with E-state index >= 15 is 0 Å². The number of nitrogens with one attached hydrogen (secondary N) is 1. The third-order valence-electron chi connectivity index (χ3n) is 7.77. The first-order chi connectivity index (χ1) is 18.6. The summed E-state index contributed by atoms with van der Waals surface area (Å²) in [7, 11) is 0. The van der Waals surface area contributed by atoms with Crippen molar-refractivity contribution in [3.05, 3.63) is 35.6 Å². The number of benzene rings is 1. The number of hydrogen-bond donors (Lipinski definition) is 1. The van der Waals surface area contributed by atoms with E-state index in [0.29, 0.717) is 57.8 Å². The molecule has 3 saturated heterocycles. The summed E-state index contributed by atoms with van der Waals surface area (Å²) in [5.74, 6) is -0.757. The van der Waals surface area contributed by atoms with Crippen LogP contribution in [0.15, 0.2) is 24.3 Å². The van der Waals surface area contributed by atoms with Gasteiger partial charge < -0.3 is 24.8 Å². The minimum Gasteiger partial charge on any atom is -0.379 e. The highest BCUT2D eigenvalue weighted by Gasteiger charge is 2.45. The van der Waals surface area contributed by atoms with Gasteiger partial charge in [0.1, 0.15) is 11.9 Å². The second-order valence-electron chi connectivity index (χ2n) is 12.1. The van der Waals surface area contributed by atoms with Crippen LogP contribution < -0.4 is 5.32 Å². The Morgan fingerprint density at radius 3 is 2.46 bits per heavy atom. The van der Waals surface area contributed by atoms with Crippen LogP contribution in [0, 0.1) is 11.2 Å². The van der Waals surface area contributed by atoms with E-state index in [2.05, 4.69) is 10.2 Å². The maximum atomic E-state index is 13.8. The van der Waals surface area contributed by atoms with Gasteiger partial charge in [-0.3, -0.25) is 19.3 Å². The van der Waals surface area contributed by atoms with E-state index in [4.69, 9.17) is 4.74 Å². The van der Waals surface area contributed by atoms with Gasteiger partial charge in [-0.25, -0.2) is 4.39 Å². The van der Waals surface area contributed by atoms with E-state index in [1.54, 1.807) is 4.90 Å². The smallest absolute Gasteiger partial charge is 0.254 e. The molecule has 3 heterocycles. The zero-order chi connectivity index (χ0) is 28.0. The second kappa shape index (κ2) is 13.2. The van der Waals surface area contributed by atoms with Crippen molar-refractivity contribution in [1.82, 2.24) is 24.9 Å². The van der Waals surface area contributed by atoms with Crippen molar-refractivity contribution in [2.75, 3.05) is 72.1 Å². The lowest BCUT2D eigenvalue weighted by Crippen LogP contribution is -2.49. The van der Waals surface area contributed by atoms with Crippen LogP contribution in [-0.4, -0.2) is 122 Å². The highest BCUT2D eigenvalue weighted by Crippen LogP contribution is 2.29. The van der Waals surface area contributed by atoms with Crippen molar-refractivity contribution < 1.29 is 23.5 Å². The largest absolute Gasteiger partial charge is 0.379 e. The molecule has 0 spiro atoms. The Hall–Kier alpha value is -2.56. The molecule has 2 atom stereocenters. The number of carbonyl (C=O) groups excluding carboxylic acids is 3. The third kappa shape index (κ3) is 7.99. The Morgan fingerprint density at radius 1 is 1.05 bits per heavy atom. The number of rotatable bonds is 7. The van der Waals surface area contributed by atoms with Crippen molar-refractivity contribution >= 4 is 17.7 Å². The van der Waals surface area contributed by atoms with Crippen LogP contribution in [0.2, 0.25) is 0 Å². The Balaban J connectivity index is 1.58. The molecule has 3 aliphatic heterocycles. The van der Waals surface area contributed by atoms with Gasteiger partial charge in [-0.1, -0.05) is 20.8 Å². The lowest BCUT2D eigenvalue weighted by molar-refractivity contribution is -0.137. The van der Waals surface area contributed by atoms with Crippen LogP contribution in [0.5, 0.6) is 0 Å². The summed E-state index contributed by atoms with van der Waals surface area (Å²) in [6, 6.07) is 4.51. The molecule has 1 aromatic carbocycles. The number of ether oxygens (including phenoxy) is 1. The fraction of sp³-hybridized carbons (Fsp3) is 0.690. The van der Waals surface area contributed by atoms with Crippen LogP contribution >= 0.6 is 0 Å². The number of nitrogens with zero attached hydrogens (tertiary/aromatic N) is 4. The van der Waals surface area contributed by atoms with Gasteiger partial charge in [-0.15, -0.1) is 0 Å². The molecule has 1 N–H and O–H groups in total. The molecule has 0 aromatic heterocycles. The van der Waals surface area contributed by atoms with Crippen molar-refractivity contribution in [2.45, 2.75) is 52.1 Å². The molecular formula is C29H44FN5O4. The van der Waals surface area contributed by atoms with Crippen molar-refractivity contribution in [3.8, 4) is 0 Å². The summed E-state index contributed by atoms with van der Waals surface area (Å²) in [6.45, 7) is 13.5. The standard InChI is InChI=1S/C29H44FN5O4/c1-29(2,3)20-26(36)34(14-13-32-15-17-39-18-16-32)24-19-25(28(38)33-11-4-9-31-10-12-33)35(21-24)27(37)22-5-7-23(30)8-6-22/h5-8,24-25,31H,4,9-21H2,1-3H3. The monoisotopic (exact) mass is 545 g/mol. The second-order valence-corrected chi connectivity index (χ2v) is 12.1. The first-order valence-corrected chi connectivity index (χ1v) is 14.3. The summed E-state index contributed by atoms with van der Waals surface area (Å²) in [5.41, 5.74) is 0.151. The molecule has 0 radical (unpaired) electrons. The number of morpholine rings is 1. The number of halogens is 1. The molecule has 4 rings (SSSR count). The molecule has 216 valence electrons. The van der Waals surface area contributed by atoms with Crippen molar-refractivity contribution in [1.29, 1.82) is 0 Å². The lowest BCUT2D eigenvalue weighted by Gasteiger charge is -2.34. The van der Waals surface area contributed by atoms with E-state index in [1.165, 1.54) is 24.3 Å². The van der Waals surface area contributed by atoms with Gasteiger partial charge in [0.05, 0.1) is 19.3 Å². The average Bonchev–Trinajstić information content (AvgIpc) is 3.14. The SMILES string of the molecule is CC(C)(C)CC(=O)N(CCN1CCOCC1)C1CC(C(=O)N2CCCNCC2)N(C(=O)c2ccc(F)cc2)C1. The normalized spacial score (nSPS) is 23.0. The molecule has 0 saturated carbocycles. The van der Waals surface area contributed by atoms with Crippen LogP contribution in [0.3, 0.4) is 0 Å². The molecular weight excluding hydrogens is 501 g/mol. The number of hydrogen-bond acceptors (Lipinski definition) is 6. The molecule has 3 aliphatic rings. The zero-order valence-electron chi connectivity index (χ0n) is 23.7. The first-order valence-electron chi connectivity index (χ1n) is 14.3. The molecule has 10 heteroatoms. The first kappa shape index (κ1) is 29.4. The lowest BCUT2D eigenvalue weighted by atomic mass is 9.91. The molecule has 1 aromatic rings. The number of amides is 3. The van der Waals surface area contributed by atoms with Crippen LogP contribution in [0.4, 0.5) is 4.39 Å². The van der Waals surface area contributed by atoms with Gasteiger partial charge in [-0.2, -0.15) is 0 Å². The van der Waals surface area contributed by atoms with Crippen LogP contribution in [0.1, 0.15) is 50.4 Å². The van der Waals surface area contributed by atoms with E-state index in [-0.39, 0.29) is 35.7 Å². The van der Waals surface area contributed by atoms with Gasteiger partial charge in [0, 0.05) is 64.3 Å².